The van der Waals surface area contributed by atoms with Crippen molar-refractivity contribution in [1.82, 2.24) is 5.06 Å². The van der Waals surface area contributed by atoms with E-state index >= 15 is 0 Å². The Morgan fingerprint density at radius 1 is 0.800 bits per heavy atom. The molecule has 0 aliphatic heterocycles. The minimum Gasteiger partial charge on any atom is -0.287 e. The van der Waals surface area contributed by atoms with Gasteiger partial charge in [0.2, 0.25) is 0 Å². The number of rotatable bonds is 5. The number of aliphatic imine (C=N–C) groups is 1. The molecule has 3 nitrogen and oxygen atoms in total. The van der Waals surface area contributed by atoms with Crippen molar-refractivity contribution in [2.45, 2.75) is 20.0 Å². The van der Waals surface area contributed by atoms with Crippen LogP contribution in [0.3, 0.4) is 0 Å². The van der Waals surface area contributed by atoms with Gasteiger partial charge < -0.3 is 0 Å². The van der Waals surface area contributed by atoms with Crippen LogP contribution in [0, 0.1) is 6.92 Å². The minimum atomic E-state index is 0.392. The molecule has 0 fully saturated rings. The Kier molecular flexibility index (Phi) is 5.60. The van der Waals surface area contributed by atoms with E-state index < -0.39 is 0 Å². The molecular formula is C22H22N2O. The Morgan fingerprint density at radius 2 is 1.36 bits per heavy atom. The molecule has 0 radical (unpaired) electrons. The van der Waals surface area contributed by atoms with E-state index in [1.165, 1.54) is 5.06 Å². The highest BCUT2D eigenvalue weighted by Gasteiger charge is 2.14. The Bertz CT molecular complexity index is 829. The van der Waals surface area contributed by atoms with E-state index in [0.717, 1.165) is 22.3 Å². The third-order valence-electron chi connectivity index (χ3n) is 4.06. The van der Waals surface area contributed by atoms with E-state index in [9.17, 15) is 5.21 Å². The van der Waals surface area contributed by atoms with Gasteiger partial charge in [0.1, 0.15) is 0 Å². The van der Waals surface area contributed by atoms with Crippen LogP contribution < -0.4 is 0 Å². The Labute approximate surface area is 148 Å². The van der Waals surface area contributed by atoms with E-state index in [2.05, 4.69) is 0 Å². The van der Waals surface area contributed by atoms with Gasteiger partial charge in [-0.05, 0) is 23.6 Å². The van der Waals surface area contributed by atoms with Gasteiger partial charge in [-0.3, -0.25) is 10.2 Å². The van der Waals surface area contributed by atoms with Crippen LogP contribution in [0.2, 0.25) is 0 Å². The van der Waals surface area contributed by atoms with Crippen molar-refractivity contribution in [3.05, 3.63) is 107 Å². The molecule has 0 unspecified atom stereocenters. The first-order chi connectivity index (χ1) is 12.2. The zero-order valence-electron chi connectivity index (χ0n) is 14.3. The fourth-order valence-corrected chi connectivity index (χ4v) is 2.71. The monoisotopic (exact) mass is 330 g/mol. The van der Waals surface area contributed by atoms with Gasteiger partial charge in [0.15, 0.2) is 5.84 Å². The summed E-state index contributed by atoms with van der Waals surface area (Å²) < 4.78 is 0. The van der Waals surface area contributed by atoms with Crippen molar-refractivity contribution >= 4 is 5.84 Å². The van der Waals surface area contributed by atoms with Crippen molar-refractivity contribution in [3.63, 3.8) is 0 Å². The molecule has 3 aromatic carbocycles. The molecule has 0 atom stereocenters. The molecule has 0 bridgehead atoms. The van der Waals surface area contributed by atoms with Crippen molar-refractivity contribution in [2.24, 2.45) is 4.99 Å². The van der Waals surface area contributed by atoms with Crippen LogP contribution in [0.4, 0.5) is 0 Å². The van der Waals surface area contributed by atoms with Crippen LogP contribution in [-0.4, -0.2) is 16.1 Å². The maximum Gasteiger partial charge on any atom is 0.155 e. The van der Waals surface area contributed by atoms with Gasteiger partial charge in [-0.2, -0.15) is 0 Å². The number of aryl methyl sites for hydroxylation is 1. The van der Waals surface area contributed by atoms with Crippen LogP contribution in [0.15, 0.2) is 89.9 Å². The standard InChI is InChI=1S/C22H22N2O/c1-18-10-8-9-15-21(18)22(23-16-19-11-4-2-5-12-19)24(25)17-20-13-6-3-7-14-20/h2-15,25H,16-17H2,1H3. The summed E-state index contributed by atoms with van der Waals surface area (Å²) in [5.41, 5.74) is 4.17. The molecule has 1 N–H and O–H groups in total. The average molecular weight is 330 g/mol. The number of amidine groups is 1. The lowest BCUT2D eigenvalue weighted by Gasteiger charge is -2.21. The predicted octanol–water partition coefficient (Wildman–Crippen LogP) is 4.83. The molecule has 3 rings (SSSR count). The second-order valence-corrected chi connectivity index (χ2v) is 5.98. The van der Waals surface area contributed by atoms with E-state index in [1.807, 2.05) is 91.9 Å². The molecule has 3 heteroatoms. The van der Waals surface area contributed by atoms with Crippen molar-refractivity contribution in [3.8, 4) is 0 Å². The third-order valence-corrected chi connectivity index (χ3v) is 4.06. The first-order valence-electron chi connectivity index (χ1n) is 8.39. The van der Waals surface area contributed by atoms with E-state index in [-0.39, 0.29) is 0 Å². The molecule has 0 heterocycles. The number of benzene rings is 3. The lowest BCUT2D eigenvalue weighted by atomic mass is 10.1. The van der Waals surface area contributed by atoms with Crippen molar-refractivity contribution < 1.29 is 5.21 Å². The van der Waals surface area contributed by atoms with Crippen LogP contribution in [-0.2, 0) is 13.1 Å². The quantitative estimate of drug-likeness (QED) is 0.413. The summed E-state index contributed by atoms with van der Waals surface area (Å²) in [6.45, 7) is 2.95. The van der Waals surface area contributed by atoms with Gasteiger partial charge in [-0.25, -0.2) is 5.06 Å². The number of hydrogen-bond donors (Lipinski definition) is 1. The Morgan fingerprint density at radius 3 is 2.00 bits per heavy atom. The zero-order valence-corrected chi connectivity index (χ0v) is 14.3. The van der Waals surface area contributed by atoms with E-state index in [1.54, 1.807) is 0 Å². The zero-order chi connectivity index (χ0) is 17.5. The van der Waals surface area contributed by atoms with Gasteiger partial charge in [0.25, 0.3) is 0 Å². The highest BCUT2D eigenvalue weighted by molar-refractivity contribution is 5.99. The summed E-state index contributed by atoms with van der Waals surface area (Å²) in [7, 11) is 0. The second kappa shape index (κ2) is 8.27. The summed E-state index contributed by atoms with van der Waals surface area (Å²) in [6.07, 6.45) is 0. The fraction of sp³-hybridized carbons (Fsp3) is 0.136. The molecule has 0 spiro atoms. The summed E-state index contributed by atoms with van der Waals surface area (Å²) in [4.78, 5) is 4.71. The summed E-state index contributed by atoms with van der Waals surface area (Å²) >= 11 is 0. The second-order valence-electron chi connectivity index (χ2n) is 5.98. The number of nitrogens with zero attached hydrogens (tertiary/aromatic N) is 2. The van der Waals surface area contributed by atoms with Gasteiger partial charge in [0.05, 0.1) is 13.1 Å². The van der Waals surface area contributed by atoms with Gasteiger partial charge in [0, 0.05) is 5.56 Å². The SMILES string of the molecule is Cc1ccccc1C(=NCc1ccccc1)N(O)Cc1ccccc1. The van der Waals surface area contributed by atoms with Crippen LogP contribution in [0.25, 0.3) is 0 Å². The lowest BCUT2D eigenvalue weighted by Crippen LogP contribution is -2.28. The normalized spacial score (nSPS) is 11.4. The number of hydrogen-bond acceptors (Lipinski definition) is 2. The van der Waals surface area contributed by atoms with E-state index in [4.69, 9.17) is 4.99 Å². The average Bonchev–Trinajstić information content (AvgIpc) is 2.65. The van der Waals surface area contributed by atoms with Crippen molar-refractivity contribution in [2.75, 3.05) is 0 Å². The summed E-state index contributed by atoms with van der Waals surface area (Å²) in [5.74, 6) is 0.589. The topological polar surface area (TPSA) is 35.8 Å². The molecule has 3 aromatic rings. The first-order valence-corrected chi connectivity index (χ1v) is 8.39. The molecule has 126 valence electrons. The maximum atomic E-state index is 10.7. The molecule has 0 aliphatic carbocycles. The molecule has 0 saturated heterocycles. The molecule has 0 saturated carbocycles. The van der Waals surface area contributed by atoms with E-state index in [0.29, 0.717) is 18.9 Å². The summed E-state index contributed by atoms with van der Waals surface area (Å²) in [6, 6.07) is 28.0. The molecule has 25 heavy (non-hydrogen) atoms. The largest absolute Gasteiger partial charge is 0.287 e. The molecule has 0 aromatic heterocycles. The lowest BCUT2D eigenvalue weighted by molar-refractivity contribution is -0.0224. The van der Waals surface area contributed by atoms with Crippen LogP contribution >= 0.6 is 0 Å². The first kappa shape index (κ1) is 16.9. The highest BCUT2D eigenvalue weighted by Crippen LogP contribution is 2.14. The molecular weight excluding hydrogens is 308 g/mol. The van der Waals surface area contributed by atoms with Gasteiger partial charge >= 0.3 is 0 Å². The van der Waals surface area contributed by atoms with Crippen molar-refractivity contribution in [1.29, 1.82) is 0 Å². The fourth-order valence-electron chi connectivity index (χ4n) is 2.71. The minimum absolute atomic E-state index is 0.392. The highest BCUT2D eigenvalue weighted by atomic mass is 16.5. The Hall–Kier alpha value is -2.91. The third kappa shape index (κ3) is 4.55. The maximum absolute atomic E-state index is 10.7. The van der Waals surface area contributed by atoms with Gasteiger partial charge in [-0.15, -0.1) is 0 Å². The smallest absolute Gasteiger partial charge is 0.155 e. The molecule has 0 aliphatic rings. The number of hydroxylamine groups is 2. The predicted molar refractivity (Wildman–Crippen MR) is 102 cm³/mol. The van der Waals surface area contributed by atoms with Crippen LogP contribution in [0.1, 0.15) is 22.3 Å². The summed E-state index contributed by atoms with van der Waals surface area (Å²) in [5, 5.41) is 12.0. The molecule has 0 amide bonds. The van der Waals surface area contributed by atoms with Gasteiger partial charge in [-0.1, -0.05) is 84.9 Å². The van der Waals surface area contributed by atoms with Crippen LogP contribution in [0.5, 0.6) is 0 Å². The Balaban J connectivity index is 1.90.